The van der Waals surface area contributed by atoms with Crippen LogP contribution in [-0.4, -0.2) is 40.4 Å². The number of benzene rings is 1. The molecule has 1 aromatic carbocycles. The van der Waals surface area contributed by atoms with Crippen molar-refractivity contribution in [1.29, 1.82) is 0 Å². The standard InChI is InChI=1S/C19H22N2O5S/c1-11(2)15(14(22)10-13-8-9-20-17(24)16(13)23)21-19(26)27-18(25)12-6-4-3-5-7-12/h3-7,11,13,15H,8-10H2,1-2H3,(H,20,24)(H,21,26). The maximum atomic E-state index is 12.6. The summed E-state index contributed by atoms with van der Waals surface area (Å²) >= 11 is 0.491. The van der Waals surface area contributed by atoms with Gasteiger partial charge in [0, 0.05) is 36.2 Å². The van der Waals surface area contributed by atoms with E-state index in [0.717, 1.165) is 0 Å². The topological polar surface area (TPSA) is 109 Å². The van der Waals surface area contributed by atoms with Gasteiger partial charge in [-0.3, -0.25) is 24.0 Å². The number of carbonyl (C=O) groups excluding carboxylic acids is 5. The smallest absolute Gasteiger partial charge is 0.287 e. The number of Topliss-reactive ketones (excluding diaryl/α,β-unsaturated/α-hetero) is 2. The molecule has 2 amide bonds. The molecule has 1 fully saturated rings. The van der Waals surface area contributed by atoms with Crippen molar-refractivity contribution in [3.63, 3.8) is 0 Å². The van der Waals surface area contributed by atoms with E-state index in [1.807, 2.05) is 0 Å². The molecule has 1 aromatic rings. The van der Waals surface area contributed by atoms with Gasteiger partial charge in [-0.05, 0) is 12.3 Å². The molecule has 27 heavy (non-hydrogen) atoms. The van der Waals surface area contributed by atoms with Gasteiger partial charge in [0.2, 0.25) is 10.9 Å². The fourth-order valence-electron chi connectivity index (χ4n) is 2.82. The number of hydrogen-bond acceptors (Lipinski definition) is 6. The molecule has 0 bridgehead atoms. The van der Waals surface area contributed by atoms with Gasteiger partial charge in [-0.15, -0.1) is 0 Å². The highest BCUT2D eigenvalue weighted by Gasteiger charge is 2.34. The van der Waals surface area contributed by atoms with Crippen LogP contribution < -0.4 is 10.6 Å². The van der Waals surface area contributed by atoms with Crippen LogP contribution in [0.15, 0.2) is 30.3 Å². The molecular weight excluding hydrogens is 368 g/mol. The quantitative estimate of drug-likeness (QED) is 0.719. The highest BCUT2D eigenvalue weighted by atomic mass is 32.2. The normalized spacial score (nSPS) is 18.0. The van der Waals surface area contributed by atoms with Crippen molar-refractivity contribution in [2.75, 3.05) is 6.54 Å². The number of amides is 2. The zero-order valence-electron chi connectivity index (χ0n) is 15.2. The van der Waals surface area contributed by atoms with E-state index >= 15 is 0 Å². The van der Waals surface area contributed by atoms with E-state index in [2.05, 4.69) is 10.6 Å². The van der Waals surface area contributed by atoms with Crippen LogP contribution in [-0.2, 0) is 14.4 Å². The van der Waals surface area contributed by atoms with Crippen molar-refractivity contribution in [2.45, 2.75) is 32.7 Å². The Labute approximate surface area is 161 Å². The molecule has 1 saturated heterocycles. The van der Waals surface area contributed by atoms with Gasteiger partial charge in [0.15, 0.2) is 5.78 Å². The Hall–Kier alpha value is -2.48. The van der Waals surface area contributed by atoms with E-state index in [1.54, 1.807) is 44.2 Å². The van der Waals surface area contributed by atoms with Crippen LogP contribution in [0, 0.1) is 11.8 Å². The number of carbonyl (C=O) groups is 5. The summed E-state index contributed by atoms with van der Waals surface area (Å²) in [6.07, 6.45) is 0.295. The number of nitrogens with one attached hydrogen (secondary N) is 2. The lowest BCUT2D eigenvalue weighted by molar-refractivity contribution is -0.143. The molecule has 0 aliphatic carbocycles. The van der Waals surface area contributed by atoms with Gasteiger partial charge >= 0.3 is 0 Å². The average molecular weight is 390 g/mol. The summed E-state index contributed by atoms with van der Waals surface area (Å²) in [5.74, 6) is -2.48. The predicted octanol–water partition coefficient (Wildman–Crippen LogP) is 1.96. The molecule has 2 rings (SSSR count). The molecule has 1 aliphatic rings. The lowest BCUT2D eigenvalue weighted by atomic mass is 9.87. The van der Waals surface area contributed by atoms with E-state index in [0.29, 0.717) is 30.3 Å². The molecule has 2 atom stereocenters. The SMILES string of the molecule is CC(C)C(NC(=O)SC(=O)c1ccccc1)C(=O)CC1CCNC(=O)C1=O. The van der Waals surface area contributed by atoms with E-state index in [1.165, 1.54) is 0 Å². The first-order valence-electron chi connectivity index (χ1n) is 8.72. The second-order valence-corrected chi connectivity index (χ2v) is 7.63. The summed E-state index contributed by atoms with van der Waals surface area (Å²) in [6, 6.07) is 7.54. The maximum Gasteiger partial charge on any atom is 0.287 e. The Kier molecular flexibility index (Phi) is 7.29. The van der Waals surface area contributed by atoms with Crippen LogP contribution in [0.1, 0.15) is 37.0 Å². The van der Waals surface area contributed by atoms with E-state index in [9.17, 15) is 24.0 Å². The number of rotatable bonds is 6. The Morgan fingerprint density at radius 2 is 1.85 bits per heavy atom. The lowest BCUT2D eigenvalue weighted by Gasteiger charge is -2.25. The maximum absolute atomic E-state index is 12.6. The second kappa shape index (κ2) is 9.45. The molecule has 7 nitrogen and oxygen atoms in total. The van der Waals surface area contributed by atoms with E-state index < -0.39 is 34.0 Å². The zero-order chi connectivity index (χ0) is 20.0. The third-order valence-electron chi connectivity index (χ3n) is 4.30. The Bertz CT molecular complexity index is 748. The van der Waals surface area contributed by atoms with Crippen molar-refractivity contribution in [3.05, 3.63) is 35.9 Å². The van der Waals surface area contributed by atoms with Crippen LogP contribution in [0.3, 0.4) is 0 Å². The molecule has 2 unspecified atom stereocenters. The fraction of sp³-hybridized carbons (Fsp3) is 0.421. The summed E-state index contributed by atoms with van der Waals surface area (Å²) in [6.45, 7) is 3.88. The van der Waals surface area contributed by atoms with Crippen molar-refractivity contribution in [1.82, 2.24) is 10.6 Å². The predicted molar refractivity (Wildman–Crippen MR) is 101 cm³/mol. The number of hydrogen-bond donors (Lipinski definition) is 2. The molecule has 0 saturated carbocycles. The monoisotopic (exact) mass is 390 g/mol. The van der Waals surface area contributed by atoms with Crippen LogP contribution in [0.25, 0.3) is 0 Å². The largest absolute Gasteiger partial charge is 0.349 e. The number of thioether (sulfide) groups is 1. The minimum absolute atomic E-state index is 0.104. The molecule has 8 heteroatoms. The summed E-state index contributed by atoms with van der Waals surface area (Å²) < 4.78 is 0. The third-order valence-corrected chi connectivity index (χ3v) is 5.03. The molecule has 0 radical (unpaired) electrons. The minimum atomic E-state index is -0.827. The second-order valence-electron chi connectivity index (χ2n) is 6.69. The van der Waals surface area contributed by atoms with Crippen molar-refractivity contribution >= 4 is 39.6 Å². The van der Waals surface area contributed by atoms with Gasteiger partial charge < -0.3 is 10.6 Å². The first-order valence-corrected chi connectivity index (χ1v) is 9.53. The first-order chi connectivity index (χ1) is 12.8. The Morgan fingerprint density at radius 3 is 2.48 bits per heavy atom. The highest BCUT2D eigenvalue weighted by molar-refractivity contribution is 8.26. The molecule has 0 spiro atoms. The molecular formula is C19H22N2O5S. The summed E-state index contributed by atoms with van der Waals surface area (Å²) in [5.41, 5.74) is 0.392. The van der Waals surface area contributed by atoms with Crippen molar-refractivity contribution < 1.29 is 24.0 Å². The lowest BCUT2D eigenvalue weighted by Crippen LogP contribution is -2.47. The van der Waals surface area contributed by atoms with Gasteiger partial charge in [0.1, 0.15) is 0 Å². The molecule has 1 heterocycles. The molecule has 0 aromatic heterocycles. The van der Waals surface area contributed by atoms with Crippen LogP contribution >= 0.6 is 11.8 Å². The zero-order valence-corrected chi connectivity index (χ0v) is 16.0. The fourth-order valence-corrected chi connectivity index (χ4v) is 3.43. The van der Waals surface area contributed by atoms with Crippen LogP contribution in [0.4, 0.5) is 4.79 Å². The van der Waals surface area contributed by atoms with E-state index in [4.69, 9.17) is 0 Å². The molecule has 2 N–H and O–H groups in total. The Balaban J connectivity index is 1.96. The summed E-state index contributed by atoms with van der Waals surface area (Å²) in [5, 5.41) is 3.98. The van der Waals surface area contributed by atoms with Gasteiger partial charge in [-0.2, -0.15) is 0 Å². The van der Waals surface area contributed by atoms with Crippen molar-refractivity contribution in [2.24, 2.45) is 11.8 Å². The molecule has 1 aliphatic heterocycles. The Morgan fingerprint density at radius 1 is 1.19 bits per heavy atom. The van der Waals surface area contributed by atoms with E-state index in [-0.39, 0.29) is 18.1 Å². The number of ketones is 2. The van der Waals surface area contributed by atoms with Gasteiger partial charge in [0.05, 0.1) is 6.04 Å². The first kappa shape index (κ1) is 20.8. The van der Waals surface area contributed by atoms with Gasteiger partial charge in [-0.25, -0.2) is 0 Å². The average Bonchev–Trinajstić information content (AvgIpc) is 2.63. The van der Waals surface area contributed by atoms with Gasteiger partial charge in [-0.1, -0.05) is 44.2 Å². The minimum Gasteiger partial charge on any atom is -0.349 e. The van der Waals surface area contributed by atoms with Crippen molar-refractivity contribution in [3.8, 4) is 0 Å². The third kappa shape index (κ3) is 5.75. The van der Waals surface area contributed by atoms with Gasteiger partial charge in [0.25, 0.3) is 11.1 Å². The highest BCUT2D eigenvalue weighted by Crippen LogP contribution is 2.19. The summed E-state index contributed by atoms with van der Waals surface area (Å²) in [7, 11) is 0. The number of piperidine rings is 1. The van der Waals surface area contributed by atoms with Crippen LogP contribution in [0.2, 0.25) is 0 Å². The molecule has 144 valence electrons. The van der Waals surface area contributed by atoms with Crippen LogP contribution in [0.5, 0.6) is 0 Å². The summed E-state index contributed by atoms with van der Waals surface area (Å²) in [4.78, 5) is 60.2.